The van der Waals surface area contributed by atoms with E-state index in [9.17, 15) is 4.79 Å². The summed E-state index contributed by atoms with van der Waals surface area (Å²) in [7, 11) is 0. The summed E-state index contributed by atoms with van der Waals surface area (Å²) in [5.74, 6) is 0.595. The van der Waals surface area contributed by atoms with Crippen molar-refractivity contribution < 1.29 is 14.3 Å². The number of nitrogens with one attached hydrogen (secondary N) is 1. The van der Waals surface area contributed by atoms with E-state index in [-0.39, 0.29) is 28.6 Å². The quantitative estimate of drug-likeness (QED) is 0.810. The molecule has 1 fully saturated rings. The summed E-state index contributed by atoms with van der Waals surface area (Å²) < 4.78 is 11.9. The Morgan fingerprint density at radius 3 is 2.23 bits per heavy atom. The summed E-state index contributed by atoms with van der Waals surface area (Å²) in [5, 5.41) is 12.2. The van der Waals surface area contributed by atoms with Crippen LogP contribution < -0.4 is 10.1 Å². The minimum Gasteiger partial charge on any atom is -0.489 e. The first-order valence-corrected chi connectivity index (χ1v) is 9.02. The number of carbonyl (C=O) groups is 1. The number of benzene rings is 1. The molecular formula is C20H27ClN2O3. The lowest BCUT2D eigenvalue weighted by Crippen LogP contribution is -2.71. The second kappa shape index (κ2) is 6.66. The molecule has 0 saturated heterocycles. The molecule has 0 spiro atoms. The van der Waals surface area contributed by atoms with Gasteiger partial charge in [0.25, 0.3) is 0 Å². The first kappa shape index (κ1) is 20.4. The van der Waals surface area contributed by atoms with E-state index < -0.39 is 6.09 Å². The van der Waals surface area contributed by atoms with Crippen molar-refractivity contribution in [3.8, 4) is 11.8 Å². The van der Waals surface area contributed by atoms with Gasteiger partial charge >= 0.3 is 6.09 Å². The molecule has 1 aromatic rings. The van der Waals surface area contributed by atoms with Crippen LogP contribution in [-0.2, 0) is 4.74 Å². The van der Waals surface area contributed by atoms with Gasteiger partial charge in [-0.05, 0) is 32.9 Å². The van der Waals surface area contributed by atoms with E-state index in [0.717, 1.165) is 0 Å². The Hall–Kier alpha value is -1.93. The fraction of sp³-hybridized carbons (Fsp3) is 0.600. The van der Waals surface area contributed by atoms with Crippen molar-refractivity contribution in [2.75, 3.05) is 0 Å². The number of hydrogen-bond donors (Lipinski definition) is 1. The van der Waals surface area contributed by atoms with Crippen LogP contribution in [0.3, 0.4) is 0 Å². The molecule has 1 aliphatic carbocycles. The highest BCUT2D eigenvalue weighted by Crippen LogP contribution is 2.57. The molecule has 2 rings (SSSR count). The number of carbonyl (C=O) groups excluding carboxylic acids is 1. The maximum atomic E-state index is 12.2. The van der Waals surface area contributed by atoms with Gasteiger partial charge in [0, 0.05) is 22.4 Å². The van der Waals surface area contributed by atoms with Crippen LogP contribution in [0.5, 0.6) is 5.75 Å². The van der Waals surface area contributed by atoms with Gasteiger partial charge in [0.15, 0.2) is 0 Å². The molecule has 0 bridgehead atoms. The molecule has 0 radical (unpaired) electrons. The molecule has 0 atom stereocenters. The molecule has 26 heavy (non-hydrogen) atoms. The highest BCUT2D eigenvalue weighted by Gasteiger charge is 2.66. The second-order valence-corrected chi connectivity index (χ2v) is 9.46. The van der Waals surface area contributed by atoms with Crippen molar-refractivity contribution in [1.29, 1.82) is 5.26 Å². The fourth-order valence-corrected chi connectivity index (χ4v) is 4.16. The molecule has 0 aromatic heterocycles. The first-order valence-electron chi connectivity index (χ1n) is 8.64. The van der Waals surface area contributed by atoms with Gasteiger partial charge in [-0.1, -0.05) is 39.3 Å². The van der Waals surface area contributed by atoms with E-state index in [1.165, 1.54) is 0 Å². The molecule has 1 aliphatic rings. The summed E-state index contributed by atoms with van der Waals surface area (Å²) in [4.78, 5) is 12.2. The van der Waals surface area contributed by atoms with E-state index >= 15 is 0 Å². The third-order valence-corrected chi connectivity index (χ3v) is 5.03. The van der Waals surface area contributed by atoms with Crippen molar-refractivity contribution in [2.45, 2.75) is 66.2 Å². The molecule has 6 heteroatoms. The van der Waals surface area contributed by atoms with Crippen LogP contribution >= 0.6 is 11.6 Å². The highest BCUT2D eigenvalue weighted by atomic mass is 35.5. The number of nitriles is 1. The average Bonchev–Trinajstić information content (AvgIpc) is 2.48. The van der Waals surface area contributed by atoms with E-state index in [2.05, 4.69) is 5.32 Å². The Labute approximate surface area is 160 Å². The van der Waals surface area contributed by atoms with Crippen LogP contribution in [0, 0.1) is 22.2 Å². The van der Waals surface area contributed by atoms with Crippen molar-refractivity contribution in [2.24, 2.45) is 10.8 Å². The third-order valence-electron chi connectivity index (χ3n) is 4.72. The highest BCUT2D eigenvalue weighted by molar-refractivity contribution is 6.31. The predicted octanol–water partition coefficient (Wildman–Crippen LogP) is 4.92. The second-order valence-electron chi connectivity index (χ2n) is 9.05. The topological polar surface area (TPSA) is 71.3 Å². The molecule has 1 aromatic carbocycles. The number of rotatable bonds is 3. The zero-order chi connectivity index (χ0) is 19.9. The lowest BCUT2D eigenvalue weighted by molar-refractivity contribution is -0.235. The van der Waals surface area contributed by atoms with E-state index in [1.807, 2.05) is 54.5 Å². The standard InChI is InChI=1S/C20H27ClN2O3/c1-18(2,3)23-17(24)26-16-19(4,5)15(20(16,6)7)25-13-9-8-12(11-22)14(21)10-13/h8-10,15-16H,1-7H3,(H,23,24)/t15-,16-. The lowest BCUT2D eigenvalue weighted by atomic mass is 9.51. The number of amides is 1. The van der Waals surface area contributed by atoms with Crippen LogP contribution in [0.15, 0.2) is 18.2 Å². The SMILES string of the molecule is CC(C)(C)NC(=O)O[C@H]1C(C)(C)[C@H](Oc2ccc(C#N)c(Cl)c2)C1(C)C. The summed E-state index contributed by atoms with van der Waals surface area (Å²) in [5.41, 5.74) is -0.700. The van der Waals surface area contributed by atoms with Crippen molar-refractivity contribution >= 4 is 17.7 Å². The maximum absolute atomic E-state index is 12.2. The Kier molecular flexibility index (Phi) is 5.22. The lowest BCUT2D eigenvalue weighted by Gasteiger charge is -2.61. The largest absolute Gasteiger partial charge is 0.489 e. The van der Waals surface area contributed by atoms with Gasteiger partial charge in [-0.25, -0.2) is 4.79 Å². The minimum absolute atomic E-state index is 0.175. The van der Waals surface area contributed by atoms with Gasteiger partial charge < -0.3 is 14.8 Å². The molecule has 0 unspecified atom stereocenters. The third kappa shape index (κ3) is 3.91. The van der Waals surface area contributed by atoms with E-state index in [1.54, 1.807) is 18.2 Å². The van der Waals surface area contributed by atoms with Crippen LogP contribution in [0.25, 0.3) is 0 Å². The molecule has 5 nitrogen and oxygen atoms in total. The molecule has 142 valence electrons. The van der Waals surface area contributed by atoms with Gasteiger partial charge in [0.1, 0.15) is 24.0 Å². The Balaban J connectivity index is 2.14. The first-order chi connectivity index (χ1) is 11.8. The molecular weight excluding hydrogens is 352 g/mol. The predicted molar refractivity (Wildman–Crippen MR) is 101 cm³/mol. The summed E-state index contributed by atoms with van der Waals surface area (Å²) in [6, 6.07) is 7.05. The molecule has 1 amide bonds. The monoisotopic (exact) mass is 378 g/mol. The molecule has 1 N–H and O–H groups in total. The minimum atomic E-state index is -0.427. The molecule has 0 aliphatic heterocycles. The summed E-state index contributed by atoms with van der Waals surface area (Å²) >= 11 is 6.10. The Morgan fingerprint density at radius 2 is 1.77 bits per heavy atom. The average molecular weight is 379 g/mol. The van der Waals surface area contributed by atoms with Crippen molar-refractivity contribution in [1.82, 2.24) is 5.32 Å². The number of halogens is 1. The summed E-state index contributed by atoms with van der Waals surface area (Å²) in [6.07, 6.45) is -0.897. The number of hydrogen-bond acceptors (Lipinski definition) is 4. The summed E-state index contributed by atoms with van der Waals surface area (Å²) in [6.45, 7) is 13.8. The smallest absolute Gasteiger partial charge is 0.407 e. The van der Waals surface area contributed by atoms with Gasteiger partial charge in [-0.3, -0.25) is 0 Å². The Bertz CT molecular complexity index is 728. The van der Waals surface area contributed by atoms with Crippen LogP contribution in [0.4, 0.5) is 4.79 Å². The zero-order valence-corrected chi connectivity index (χ0v) is 17.2. The van der Waals surface area contributed by atoms with Gasteiger partial charge in [-0.2, -0.15) is 5.26 Å². The molecule has 0 heterocycles. The zero-order valence-electron chi connectivity index (χ0n) is 16.4. The van der Waals surface area contributed by atoms with Gasteiger partial charge in [0.2, 0.25) is 0 Å². The fourth-order valence-electron chi connectivity index (χ4n) is 3.94. The number of ether oxygens (including phenoxy) is 2. The van der Waals surface area contributed by atoms with Crippen molar-refractivity contribution in [3.05, 3.63) is 28.8 Å². The Morgan fingerprint density at radius 1 is 1.19 bits per heavy atom. The van der Waals surface area contributed by atoms with Crippen LogP contribution in [0.1, 0.15) is 54.0 Å². The van der Waals surface area contributed by atoms with Crippen molar-refractivity contribution in [3.63, 3.8) is 0 Å². The van der Waals surface area contributed by atoms with Crippen LogP contribution in [0.2, 0.25) is 5.02 Å². The van der Waals surface area contributed by atoms with E-state index in [4.69, 9.17) is 26.3 Å². The number of alkyl carbamates (subject to hydrolysis) is 1. The van der Waals surface area contributed by atoms with E-state index in [0.29, 0.717) is 16.3 Å². The number of nitrogens with zero attached hydrogens (tertiary/aromatic N) is 1. The molecule has 1 saturated carbocycles. The van der Waals surface area contributed by atoms with Crippen LogP contribution in [-0.4, -0.2) is 23.8 Å². The van der Waals surface area contributed by atoms with Gasteiger partial charge in [0.05, 0.1) is 10.6 Å². The maximum Gasteiger partial charge on any atom is 0.407 e. The normalized spacial score (nSPS) is 23.3. The van der Waals surface area contributed by atoms with Gasteiger partial charge in [-0.15, -0.1) is 0 Å².